The smallest absolute Gasteiger partial charge is 0.115 e. The maximum Gasteiger partial charge on any atom is 0.115 e. The molecule has 4 nitrogen and oxygen atoms in total. The van der Waals surface area contributed by atoms with Gasteiger partial charge in [-0.15, -0.1) is 0 Å². The number of anilines is 1. The standard InChI is InChI=1S/C13H17N3O/c1-3-13(10-4-6-12(17)7-5-10)15-11-8-14-16(2)9-11/h4-9,13,15,17H,3H2,1-2H3. The van der Waals surface area contributed by atoms with Gasteiger partial charge in [-0.1, -0.05) is 19.1 Å². The van der Waals surface area contributed by atoms with Crippen LogP contribution in [0.2, 0.25) is 0 Å². The van der Waals surface area contributed by atoms with Crippen LogP contribution in [0.15, 0.2) is 36.7 Å². The first-order valence-corrected chi connectivity index (χ1v) is 5.73. The second kappa shape index (κ2) is 4.91. The quantitative estimate of drug-likeness (QED) is 0.850. The molecule has 0 spiro atoms. The summed E-state index contributed by atoms with van der Waals surface area (Å²) in [6, 6.07) is 7.53. The number of phenols is 1. The highest BCUT2D eigenvalue weighted by Gasteiger charge is 2.09. The van der Waals surface area contributed by atoms with E-state index in [0.29, 0.717) is 5.75 Å². The van der Waals surface area contributed by atoms with E-state index < -0.39 is 0 Å². The normalized spacial score (nSPS) is 12.4. The van der Waals surface area contributed by atoms with Gasteiger partial charge < -0.3 is 10.4 Å². The van der Waals surface area contributed by atoms with Crippen LogP contribution in [0.4, 0.5) is 5.69 Å². The highest BCUT2D eigenvalue weighted by molar-refractivity contribution is 5.42. The van der Waals surface area contributed by atoms with E-state index in [2.05, 4.69) is 17.3 Å². The predicted octanol–water partition coefficient (Wildman–Crippen LogP) is 2.69. The zero-order chi connectivity index (χ0) is 12.3. The van der Waals surface area contributed by atoms with Crippen LogP contribution in [0.5, 0.6) is 5.75 Å². The molecule has 1 heterocycles. The predicted molar refractivity (Wildman–Crippen MR) is 68.0 cm³/mol. The van der Waals surface area contributed by atoms with Crippen molar-refractivity contribution in [2.24, 2.45) is 7.05 Å². The van der Waals surface area contributed by atoms with Crippen LogP contribution < -0.4 is 5.32 Å². The maximum atomic E-state index is 9.27. The van der Waals surface area contributed by atoms with Gasteiger partial charge in [-0.25, -0.2) is 0 Å². The molecule has 0 saturated carbocycles. The topological polar surface area (TPSA) is 50.1 Å². The molecule has 0 saturated heterocycles. The van der Waals surface area contributed by atoms with Crippen molar-refractivity contribution < 1.29 is 5.11 Å². The summed E-state index contributed by atoms with van der Waals surface area (Å²) in [6.07, 6.45) is 4.73. The summed E-state index contributed by atoms with van der Waals surface area (Å²) in [5.74, 6) is 0.296. The average molecular weight is 231 g/mol. The third-order valence-corrected chi connectivity index (χ3v) is 2.75. The molecular weight excluding hydrogens is 214 g/mol. The number of benzene rings is 1. The van der Waals surface area contributed by atoms with E-state index in [0.717, 1.165) is 17.7 Å². The number of aryl methyl sites for hydroxylation is 1. The van der Waals surface area contributed by atoms with E-state index in [1.807, 2.05) is 31.6 Å². The molecule has 2 N–H and O–H groups in total. The van der Waals surface area contributed by atoms with Crippen molar-refractivity contribution in [3.8, 4) is 5.75 Å². The Morgan fingerprint density at radius 1 is 1.35 bits per heavy atom. The number of nitrogens with zero attached hydrogens (tertiary/aromatic N) is 2. The third kappa shape index (κ3) is 2.78. The summed E-state index contributed by atoms with van der Waals surface area (Å²) in [4.78, 5) is 0. The van der Waals surface area contributed by atoms with Crippen molar-refractivity contribution in [2.45, 2.75) is 19.4 Å². The Balaban J connectivity index is 2.13. The molecule has 1 aromatic heterocycles. The lowest BCUT2D eigenvalue weighted by Crippen LogP contribution is -2.08. The summed E-state index contributed by atoms with van der Waals surface area (Å²) in [5.41, 5.74) is 2.17. The lowest BCUT2D eigenvalue weighted by Gasteiger charge is -2.17. The van der Waals surface area contributed by atoms with Gasteiger partial charge in [0.1, 0.15) is 5.75 Å². The van der Waals surface area contributed by atoms with E-state index in [9.17, 15) is 5.11 Å². The first-order valence-electron chi connectivity index (χ1n) is 5.73. The molecule has 4 heteroatoms. The van der Waals surface area contributed by atoms with Gasteiger partial charge in [0.15, 0.2) is 0 Å². The van der Waals surface area contributed by atoms with Crippen molar-refractivity contribution in [2.75, 3.05) is 5.32 Å². The van der Waals surface area contributed by atoms with E-state index >= 15 is 0 Å². The summed E-state index contributed by atoms with van der Waals surface area (Å²) in [6.45, 7) is 2.13. The fourth-order valence-corrected chi connectivity index (χ4v) is 1.82. The number of aromatic nitrogens is 2. The zero-order valence-electron chi connectivity index (χ0n) is 10.1. The molecule has 17 heavy (non-hydrogen) atoms. The largest absolute Gasteiger partial charge is 0.508 e. The van der Waals surface area contributed by atoms with E-state index in [4.69, 9.17) is 0 Å². The lowest BCUT2D eigenvalue weighted by molar-refractivity contribution is 0.475. The van der Waals surface area contributed by atoms with E-state index in [1.54, 1.807) is 16.8 Å². The SMILES string of the molecule is CCC(Nc1cnn(C)c1)c1ccc(O)cc1. The highest BCUT2D eigenvalue weighted by Crippen LogP contribution is 2.23. The summed E-state index contributed by atoms with van der Waals surface area (Å²) < 4.78 is 1.77. The van der Waals surface area contributed by atoms with Gasteiger partial charge in [0.2, 0.25) is 0 Å². The molecule has 1 unspecified atom stereocenters. The Morgan fingerprint density at radius 2 is 2.06 bits per heavy atom. The van der Waals surface area contributed by atoms with Crippen molar-refractivity contribution in [1.82, 2.24) is 9.78 Å². The van der Waals surface area contributed by atoms with Gasteiger partial charge in [0.25, 0.3) is 0 Å². The number of phenolic OH excluding ortho intramolecular Hbond substituents is 1. The first-order chi connectivity index (χ1) is 8.19. The van der Waals surface area contributed by atoms with Crippen LogP contribution in [0.3, 0.4) is 0 Å². The molecule has 0 radical (unpaired) electrons. The number of rotatable bonds is 4. The van der Waals surface area contributed by atoms with Crippen molar-refractivity contribution >= 4 is 5.69 Å². The number of nitrogens with one attached hydrogen (secondary N) is 1. The van der Waals surface area contributed by atoms with E-state index in [-0.39, 0.29) is 6.04 Å². The molecule has 2 rings (SSSR count). The minimum Gasteiger partial charge on any atom is -0.508 e. The van der Waals surface area contributed by atoms with Crippen molar-refractivity contribution in [3.63, 3.8) is 0 Å². The molecule has 0 aliphatic carbocycles. The van der Waals surface area contributed by atoms with Crippen LogP contribution in [0.25, 0.3) is 0 Å². The minimum absolute atomic E-state index is 0.236. The molecule has 0 bridgehead atoms. The Morgan fingerprint density at radius 3 is 2.59 bits per heavy atom. The summed E-state index contributed by atoms with van der Waals surface area (Å²) in [7, 11) is 1.90. The Labute approximate surface area is 101 Å². The summed E-state index contributed by atoms with van der Waals surface area (Å²) in [5, 5.41) is 16.8. The zero-order valence-corrected chi connectivity index (χ0v) is 10.1. The Bertz CT molecular complexity index is 476. The molecule has 0 fully saturated rings. The van der Waals surface area contributed by atoms with Crippen molar-refractivity contribution in [3.05, 3.63) is 42.2 Å². The van der Waals surface area contributed by atoms with Crippen LogP contribution in [0.1, 0.15) is 24.9 Å². The molecule has 2 aromatic rings. The Kier molecular flexibility index (Phi) is 3.32. The fraction of sp³-hybridized carbons (Fsp3) is 0.308. The molecule has 1 atom stereocenters. The molecular formula is C13H17N3O. The van der Waals surface area contributed by atoms with Crippen LogP contribution in [-0.4, -0.2) is 14.9 Å². The second-order valence-corrected chi connectivity index (χ2v) is 4.10. The molecule has 1 aromatic carbocycles. The van der Waals surface area contributed by atoms with Crippen LogP contribution >= 0.6 is 0 Å². The molecule has 0 amide bonds. The van der Waals surface area contributed by atoms with Gasteiger partial charge >= 0.3 is 0 Å². The van der Waals surface area contributed by atoms with Crippen LogP contribution in [-0.2, 0) is 7.05 Å². The molecule has 90 valence electrons. The average Bonchev–Trinajstić information content (AvgIpc) is 2.73. The lowest BCUT2D eigenvalue weighted by atomic mass is 10.0. The minimum atomic E-state index is 0.236. The summed E-state index contributed by atoms with van der Waals surface area (Å²) >= 11 is 0. The number of hydrogen-bond acceptors (Lipinski definition) is 3. The van der Waals surface area contributed by atoms with Gasteiger partial charge in [-0.2, -0.15) is 5.10 Å². The van der Waals surface area contributed by atoms with Crippen molar-refractivity contribution in [1.29, 1.82) is 0 Å². The van der Waals surface area contributed by atoms with Gasteiger partial charge in [-0.05, 0) is 24.1 Å². The van der Waals surface area contributed by atoms with Gasteiger partial charge in [-0.3, -0.25) is 4.68 Å². The Hall–Kier alpha value is -1.97. The van der Waals surface area contributed by atoms with Crippen LogP contribution in [0, 0.1) is 0 Å². The van der Waals surface area contributed by atoms with Gasteiger partial charge in [0.05, 0.1) is 17.9 Å². The fourth-order valence-electron chi connectivity index (χ4n) is 1.82. The van der Waals surface area contributed by atoms with Gasteiger partial charge in [0, 0.05) is 13.2 Å². The second-order valence-electron chi connectivity index (χ2n) is 4.10. The van der Waals surface area contributed by atoms with E-state index in [1.165, 1.54) is 0 Å². The molecule has 0 aliphatic heterocycles. The first kappa shape index (κ1) is 11.5. The third-order valence-electron chi connectivity index (χ3n) is 2.75. The monoisotopic (exact) mass is 231 g/mol. The molecule has 0 aliphatic rings. The maximum absolute atomic E-state index is 9.27. The number of aromatic hydroxyl groups is 1. The number of hydrogen-bond donors (Lipinski definition) is 2. The highest BCUT2D eigenvalue weighted by atomic mass is 16.3.